The molecule has 0 aliphatic heterocycles. The lowest BCUT2D eigenvalue weighted by Gasteiger charge is -2.06. The molecule has 0 unspecified atom stereocenters. The van der Waals surface area contributed by atoms with Crippen LogP contribution >= 0.6 is 0 Å². The lowest BCUT2D eigenvalue weighted by molar-refractivity contribution is -0.152. The van der Waals surface area contributed by atoms with Gasteiger partial charge in [-0.1, -0.05) is 37.1 Å². The number of carbonyl (C=O) groups excluding carboxylic acids is 2. The maximum atomic E-state index is 11.5. The van der Waals surface area contributed by atoms with E-state index in [9.17, 15) is 9.59 Å². The highest BCUT2D eigenvalue weighted by atomic mass is 16.7. The first-order valence-electron chi connectivity index (χ1n) is 9.28. The molecule has 0 aromatic heterocycles. The molecule has 0 spiro atoms. The maximum absolute atomic E-state index is 11.5. The maximum Gasteiger partial charge on any atom is 0.335 e. The fourth-order valence-corrected chi connectivity index (χ4v) is 2.11. The number of hydrogen-bond acceptors (Lipinski definition) is 5. The Balaban J connectivity index is 1.83. The predicted molar refractivity (Wildman–Crippen MR) is 115 cm³/mol. The molecule has 0 bridgehead atoms. The smallest absolute Gasteiger partial charge is 0.335 e. The minimum atomic E-state index is -0.472. The monoisotopic (exact) mass is 404 g/mol. The minimum absolute atomic E-state index is 0.0211. The second-order valence-electron chi connectivity index (χ2n) is 6.64. The molecule has 2 aromatic carbocycles. The normalized spacial score (nSPS) is 9.80. The molecule has 0 fully saturated rings. The van der Waals surface area contributed by atoms with Crippen molar-refractivity contribution >= 4 is 11.8 Å². The van der Waals surface area contributed by atoms with Crippen molar-refractivity contribution < 1.29 is 23.8 Å². The SMILES string of the molecule is C=C(C)C(=O)COc1ccc(C#Cc2ccc(COCOC(=O)C(=C)C)cc2)cc1. The standard InChI is InChI=1S/C25H24O5/c1-18(2)24(26)16-29-23-13-11-21(12-14-23)6-5-20-7-9-22(10-8-20)15-28-17-30-25(27)19(3)4/h7-14H,1,3,15-17H2,2,4H3. The second kappa shape index (κ2) is 11.4. The zero-order valence-corrected chi connectivity index (χ0v) is 17.2. The van der Waals surface area contributed by atoms with Gasteiger partial charge in [-0.25, -0.2) is 4.79 Å². The number of carbonyl (C=O) groups is 2. The average Bonchev–Trinajstić information content (AvgIpc) is 2.74. The van der Waals surface area contributed by atoms with Crippen molar-refractivity contribution in [2.24, 2.45) is 0 Å². The van der Waals surface area contributed by atoms with Gasteiger partial charge in [-0.2, -0.15) is 0 Å². The van der Waals surface area contributed by atoms with Crippen LogP contribution in [0.3, 0.4) is 0 Å². The van der Waals surface area contributed by atoms with Crippen LogP contribution in [0.2, 0.25) is 0 Å². The van der Waals surface area contributed by atoms with Crippen molar-refractivity contribution in [2.45, 2.75) is 20.5 Å². The summed E-state index contributed by atoms with van der Waals surface area (Å²) in [5.41, 5.74) is 3.45. The first-order chi connectivity index (χ1) is 14.3. The van der Waals surface area contributed by atoms with Crippen molar-refractivity contribution in [3.05, 3.63) is 89.5 Å². The summed E-state index contributed by atoms with van der Waals surface area (Å²) >= 11 is 0. The van der Waals surface area contributed by atoms with E-state index < -0.39 is 5.97 Å². The van der Waals surface area contributed by atoms with Crippen LogP contribution in [0.25, 0.3) is 0 Å². The Hall–Kier alpha value is -3.62. The molecule has 0 amide bonds. The summed E-state index contributed by atoms with van der Waals surface area (Å²) < 4.78 is 15.6. The van der Waals surface area contributed by atoms with Crippen molar-refractivity contribution in [2.75, 3.05) is 13.4 Å². The Morgan fingerprint density at radius 1 is 0.867 bits per heavy atom. The molecule has 0 heterocycles. The Labute approximate surface area is 177 Å². The van der Waals surface area contributed by atoms with E-state index in [1.54, 1.807) is 26.0 Å². The van der Waals surface area contributed by atoms with Crippen molar-refractivity contribution in [1.82, 2.24) is 0 Å². The number of Topliss-reactive ketones (excluding diaryl/α,β-unsaturated/α-hetero) is 1. The lowest BCUT2D eigenvalue weighted by atomic mass is 10.1. The first-order valence-corrected chi connectivity index (χ1v) is 9.28. The van der Waals surface area contributed by atoms with Crippen molar-refractivity contribution in [3.63, 3.8) is 0 Å². The third kappa shape index (κ3) is 7.78. The molecule has 5 heteroatoms. The van der Waals surface area contributed by atoms with Gasteiger partial charge in [0, 0.05) is 16.7 Å². The molecule has 0 N–H and O–H groups in total. The Bertz CT molecular complexity index is 973. The van der Waals surface area contributed by atoms with Gasteiger partial charge in [0.25, 0.3) is 0 Å². The van der Waals surface area contributed by atoms with E-state index in [-0.39, 0.29) is 19.2 Å². The molecular formula is C25H24O5. The number of benzene rings is 2. The molecule has 2 aromatic rings. The van der Waals surface area contributed by atoms with E-state index in [0.717, 1.165) is 16.7 Å². The van der Waals surface area contributed by atoms with Gasteiger partial charge in [-0.05, 0) is 61.4 Å². The molecule has 30 heavy (non-hydrogen) atoms. The summed E-state index contributed by atoms with van der Waals surface area (Å²) in [5, 5.41) is 0. The zero-order chi connectivity index (χ0) is 21.9. The quantitative estimate of drug-likeness (QED) is 0.206. The number of ether oxygens (including phenoxy) is 3. The van der Waals surface area contributed by atoms with Crippen LogP contribution in [0, 0.1) is 11.8 Å². The second-order valence-corrected chi connectivity index (χ2v) is 6.64. The van der Waals surface area contributed by atoms with E-state index in [1.165, 1.54) is 0 Å². The molecular weight excluding hydrogens is 380 g/mol. The molecule has 0 aliphatic rings. The molecule has 0 saturated heterocycles. The van der Waals surface area contributed by atoms with E-state index in [2.05, 4.69) is 25.0 Å². The average molecular weight is 404 g/mol. The highest BCUT2D eigenvalue weighted by Crippen LogP contribution is 2.12. The van der Waals surface area contributed by atoms with Crippen LogP contribution in [0.4, 0.5) is 0 Å². The highest BCUT2D eigenvalue weighted by Gasteiger charge is 2.04. The van der Waals surface area contributed by atoms with Crippen LogP contribution < -0.4 is 4.74 Å². The van der Waals surface area contributed by atoms with Gasteiger partial charge in [0.2, 0.25) is 0 Å². The summed E-state index contributed by atoms with van der Waals surface area (Å²) in [6, 6.07) is 14.8. The number of esters is 1. The zero-order valence-electron chi connectivity index (χ0n) is 17.2. The van der Waals surface area contributed by atoms with Crippen LogP contribution in [-0.4, -0.2) is 25.2 Å². The van der Waals surface area contributed by atoms with Gasteiger partial charge in [0.1, 0.15) is 5.75 Å². The van der Waals surface area contributed by atoms with E-state index >= 15 is 0 Å². The van der Waals surface area contributed by atoms with E-state index in [0.29, 0.717) is 23.5 Å². The Morgan fingerprint density at radius 3 is 1.97 bits per heavy atom. The first kappa shape index (κ1) is 22.7. The fraction of sp³-hybridized carbons (Fsp3) is 0.200. The minimum Gasteiger partial charge on any atom is -0.485 e. The third-order valence-electron chi connectivity index (χ3n) is 3.90. The van der Waals surface area contributed by atoms with Crippen LogP contribution in [0.15, 0.2) is 72.8 Å². The van der Waals surface area contributed by atoms with Gasteiger partial charge >= 0.3 is 5.97 Å². The Kier molecular flexibility index (Phi) is 8.61. The van der Waals surface area contributed by atoms with Crippen LogP contribution in [-0.2, 0) is 25.7 Å². The van der Waals surface area contributed by atoms with Gasteiger partial charge in [0.15, 0.2) is 19.2 Å². The van der Waals surface area contributed by atoms with Crippen LogP contribution in [0.1, 0.15) is 30.5 Å². The molecule has 154 valence electrons. The molecule has 2 rings (SSSR count). The van der Waals surface area contributed by atoms with Gasteiger partial charge in [0.05, 0.1) is 6.61 Å². The number of ketones is 1. The number of hydrogen-bond donors (Lipinski definition) is 0. The third-order valence-corrected chi connectivity index (χ3v) is 3.90. The van der Waals surface area contributed by atoms with E-state index in [4.69, 9.17) is 14.2 Å². The highest BCUT2D eigenvalue weighted by molar-refractivity contribution is 5.95. The molecule has 0 aliphatic carbocycles. The van der Waals surface area contributed by atoms with E-state index in [1.807, 2.05) is 36.4 Å². The lowest BCUT2D eigenvalue weighted by Crippen LogP contribution is -2.11. The summed E-state index contributed by atoms with van der Waals surface area (Å²) in [5.74, 6) is 6.18. The summed E-state index contributed by atoms with van der Waals surface area (Å²) in [4.78, 5) is 22.8. The molecule has 5 nitrogen and oxygen atoms in total. The predicted octanol–water partition coefficient (Wildman–Crippen LogP) is 4.20. The van der Waals surface area contributed by atoms with Crippen molar-refractivity contribution in [1.29, 1.82) is 0 Å². The van der Waals surface area contributed by atoms with Crippen molar-refractivity contribution in [3.8, 4) is 17.6 Å². The van der Waals surface area contributed by atoms with Crippen LogP contribution in [0.5, 0.6) is 5.75 Å². The summed E-state index contributed by atoms with van der Waals surface area (Å²) in [6.07, 6.45) is 0. The summed E-state index contributed by atoms with van der Waals surface area (Å²) in [6.45, 7) is 10.5. The topological polar surface area (TPSA) is 61.8 Å². The molecule has 0 radical (unpaired) electrons. The molecule has 0 saturated carbocycles. The van der Waals surface area contributed by atoms with Gasteiger partial charge < -0.3 is 14.2 Å². The Morgan fingerprint density at radius 2 is 1.43 bits per heavy atom. The molecule has 0 atom stereocenters. The number of rotatable bonds is 9. The summed E-state index contributed by atoms with van der Waals surface area (Å²) in [7, 11) is 0. The fourth-order valence-electron chi connectivity index (χ4n) is 2.11. The largest absolute Gasteiger partial charge is 0.485 e. The van der Waals surface area contributed by atoms with Gasteiger partial charge in [-0.3, -0.25) is 4.79 Å². The van der Waals surface area contributed by atoms with Gasteiger partial charge in [-0.15, -0.1) is 0 Å².